The van der Waals surface area contributed by atoms with E-state index in [9.17, 15) is 4.79 Å². The summed E-state index contributed by atoms with van der Waals surface area (Å²) in [6, 6.07) is 11.0. The van der Waals surface area contributed by atoms with E-state index < -0.39 is 42.3 Å². The molecule has 0 amide bonds. The predicted molar refractivity (Wildman–Crippen MR) is 261 cm³/mol. The molecule has 2 aromatic heterocycles. The minimum atomic E-state index is -2.28. The topological polar surface area (TPSA) is 110 Å². The Labute approximate surface area is 379 Å². The maximum Gasteiger partial charge on any atom is 0.309 e. The number of nitrogens with zero attached hydrogens (tertiary/aromatic N) is 5. The van der Waals surface area contributed by atoms with Gasteiger partial charge in [0.15, 0.2) is 16.6 Å². The van der Waals surface area contributed by atoms with E-state index in [1.165, 1.54) is 0 Å². The van der Waals surface area contributed by atoms with Gasteiger partial charge < -0.3 is 18.3 Å². The fourth-order valence-corrected chi connectivity index (χ4v) is 16.7. The molecule has 2 unspecified atom stereocenters. The molecule has 0 spiro atoms. The molecule has 0 N–H and O–H groups in total. The van der Waals surface area contributed by atoms with Crippen LogP contribution in [0.5, 0.6) is 0 Å². The molecule has 2 aliphatic heterocycles. The highest BCUT2D eigenvalue weighted by Crippen LogP contribution is 2.49. The zero-order valence-electron chi connectivity index (χ0n) is 41.7. The highest BCUT2D eigenvalue weighted by molar-refractivity contribution is 6.76. The molecule has 352 valence electrons. The summed E-state index contributed by atoms with van der Waals surface area (Å²) in [6.45, 7) is 35.2. The fourth-order valence-electron chi connectivity index (χ4n) is 9.92. The first-order chi connectivity index (χ1) is 29.2. The van der Waals surface area contributed by atoms with Gasteiger partial charge in [-0.1, -0.05) is 95.3 Å². The molecular formula is C48H87N5O6Si3. The van der Waals surface area contributed by atoms with Gasteiger partial charge in [-0.15, -0.1) is 0 Å². The van der Waals surface area contributed by atoms with E-state index in [4.69, 9.17) is 23.4 Å². The number of hydrogen-bond acceptors (Lipinski definition) is 9. The van der Waals surface area contributed by atoms with Gasteiger partial charge in [-0.25, -0.2) is 0 Å². The summed E-state index contributed by atoms with van der Waals surface area (Å²) in [5.74, 6) is -0.397. The highest BCUT2D eigenvalue weighted by Gasteiger charge is 2.59. The van der Waals surface area contributed by atoms with Gasteiger partial charge in [0.1, 0.15) is 18.6 Å². The quantitative estimate of drug-likeness (QED) is 0.0589. The third kappa shape index (κ3) is 13.2. The van der Waals surface area contributed by atoms with E-state index in [0.29, 0.717) is 19.8 Å². The lowest BCUT2D eigenvalue weighted by atomic mass is 9.73. The Bertz CT molecular complexity index is 1720. The number of fused-ring (bicyclic) bond motifs is 1. The zero-order valence-corrected chi connectivity index (χ0v) is 44.7. The summed E-state index contributed by atoms with van der Waals surface area (Å²) in [7, 11) is -5.62. The smallest absolute Gasteiger partial charge is 0.309 e. The van der Waals surface area contributed by atoms with Gasteiger partial charge in [0, 0.05) is 62.6 Å². The van der Waals surface area contributed by atoms with Crippen LogP contribution in [-0.4, -0.2) is 104 Å². The predicted octanol–water partition coefficient (Wildman–Crippen LogP) is 11.3. The largest absolute Gasteiger partial charge is 0.458 e. The number of aromatic nitrogens is 4. The average molecular weight is 915 g/mol. The number of cyclic esters (lactones) is 1. The van der Waals surface area contributed by atoms with Gasteiger partial charge in [-0.05, 0) is 98.7 Å². The number of esters is 1. The van der Waals surface area contributed by atoms with Crippen LogP contribution >= 0.6 is 0 Å². The van der Waals surface area contributed by atoms with E-state index in [-0.39, 0.29) is 47.7 Å². The minimum absolute atomic E-state index is 0.00653. The number of Topliss-reactive ketones (excluding diaryl/α,β-unsaturated/α-hetero) is 1. The monoisotopic (exact) mass is 914 g/mol. The Balaban J connectivity index is 1.78. The van der Waals surface area contributed by atoms with Crippen molar-refractivity contribution in [3.05, 3.63) is 42.0 Å². The summed E-state index contributed by atoms with van der Waals surface area (Å²) in [5.41, 5.74) is 0.648. The standard InChI is InChI=1S/C48H87N5O6Si3/c1-16-61(17-2,18-3)58-43-34-44(54)57-41(38(8)32-40-25-29-52(50-40)35-51-28-23-27-49-51)33-42-48(12,53(42)36-56-30-31-60(13,14)15)26-22-24-37(7)45(39(9)46(55)47(43,10)11)59-62(19-4,20-5)21-6/h23,25,27-29,32,37,39,41-43,45H,16-22,24,26,30-31,33-36H2,1-15H3/b38-32+/t37-,39+,41-,42-,43-,45?,48+,53?/m0/s1. The summed E-state index contributed by atoms with van der Waals surface area (Å²) in [6.07, 6.45) is 9.92. The molecule has 2 aliphatic rings. The molecule has 0 aromatic carbocycles. The van der Waals surface area contributed by atoms with Crippen molar-refractivity contribution in [1.29, 1.82) is 0 Å². The maximum absolute atomic E-state index is 15.2. The van der Waals surface area contributed by atoms with Crippen molar-refractivity contribution >= 4 is 42.5 Å². The summed E-state index contributed by atoms with van der Waals surface area (Å²) in [5, 5.41) is 9.16. The number of ketones is 1. The SMILES string of the molecule is CC[Si](CC)(CC)OC1[C@@H](C)CCC[C@]2(C)[C@H](C[C@@H](/C(C)=C/c3ccn(Cn4cccn4)n3)OC(=O)C[C@H](O[Si](CC)(CC)CC)C(C)(C)C(=O)[C@@H]1C)N2COCC[Si](C)(C)C. The van der Waals surface area contributed by atoms with Crippen LogP contribution in [0.1, 0.15) is 121 Å². The minimum Gasteiger partial charge on any atom is -0.458 e. The van der Waals surface area contributed by atoms with Crippen LogP contribution in [-0.2, 0) is 34.6 Å². The molecule has 8 atom stereocenters. The third-order valence-electron chi connectivity index (χ3n) is 15.3. The Kier molecular flexibility index (Phi) is 18.9. The number of carbonyl (C=O) groups is 2. The van der Waals surface area contributed by atoms with Crippen molar-refractivity contribution in [3.63, 3.8) is 0 Å². The van der Waals surface area contributed by atoms with Gasteiger partial charge in [0.05, 0.1) is 31.1 Å². The second kappa shape index (κ2) is 22.3. The lowest BCUT2D eigenvalue weighted by Crippen LogP contribution is -2.53. The van der Waals surface area contributed by atoms with Crippen LogP contribution in [0, 0.1) is 17.3 Å². The third-order valence-corrected chi connectivity index (χ3v) is 26.3. The summed E-state index contributed by atoms with van der Waals surface area (Å²) < 4.78 is 31.4. The molecule has 14 heteroatoms. The lowest BCUT2D eigenvalue weighted by Gasteiger charge is -2.44. The van der Waals surface area contributed by atoms with Crippen LogP contribution in [0.4, 0.5) is 0 Å². The average Bonchev–Trinajstić information content (AvgIpc) is 3.63. The number of hydrogen-bond donors (Lipinski definition) is 0. The van der Waals surface area contributed by atoms with Gasteiger partial charge in [0.2, 0.25) is 0 Å². The second-order valence-electron chi connectivity index (χ2n) is 20.9. The molecule has 4 heterocycles. The van der Waals surface area contributed by atoms with Crippen molar-refractivity contribution in [2.24, 2.45) is 17.3 Å². The van der Waals surface area contributed by atoms with Crippen molar-refractivity contribution in [2.45, 2.75) is 214 Å². The highest BCUT2D eigenvalue weighted by atomic mass is 28.4. The molecule has 0 saturated carbocycles. The Morgan fingerprint density at radius 3 is 2.13 bits per heavy atom. The van der Waals surface area contributed by atoms with E-state index in [2.05, 4.69) is 98.9 Å². The molecule has 2 fully saturated rings. The Hall–Kier alpha value is -2.21. The van der Waals surface area contributed by atoms with E-state index in [1.54, 1.807) is 6.20 Å². The molecule has 4 rings (SSSR count). The first-order valence-electron chi connectivity index (χ1n) is 24.3. The lowest BCUT2D eigenvalue weighted by molar-refractivity contribution is -0.153. The molecule has 62 heavy (non-hydrogen) atoms. The van der Waals surface area contributed by atoms with Gasteiger partial charge in [0.25, 0.3) is 0 Å². The van der Waals surface area contributed by atoms with Crippen LogP contribution in [0.15, 0.2) is 36.3 Å². The Morgan fingerprint density at radius 1 is 0.919 bits per heavy atom. The summed E-state index contributed by atoms with van der Waals surface area (Å²) in [4.78, 5) is 32.4. The van der Waals surface area contributed by atoms with Crippen LogP contribution in [0.2, 0.25) is 61.9 Å². The van der Waals surface area contributed by atoms with Crippen molar-refractivity contribution < 1.29 is 27.9 Å². The molecule has 2 saturated heterocycles. The van der Waals surface area contributed by atoms with Gasteiger partial charge in [-0.2, -0.15) is 10.2 Å². The first-order valence-corrected chi connectivity index (χ1v) is 33.0. The normalized spacial score (nSPS) is 28.4. The molecule has 0 radical (unpaired) electrons. The van der Waals surface area contributed by atoms with Crippen molar-refractivity contribution in [1.82, 2.24) is 24.5 Å². The molecule has 11 nitrogen and oxygen atoms in total. The number of rotatable bonds is 19. The van der Waals surface area contributed by atoms with Crippen LogP contribution in [0.25, 0.3) is 6.08 Å². The number of carbonyl (C=O) groups excluding carboxylic acids is 2. The van der Waals surface area contributed by atoms with Gasteiger partial charge >= 0.3 is 5.97 Å². The van der Waals surface area contributed by atoms with E-state index >= 15 is 4.79 Å². The maximum atomic E-state index is 15.2. The Morgan fingerprint density at radius 2 is 1.55 bits per heavy atom. The first kappa shape index (κ1) is 52.4. The molecule has 0 aliphatic carbocycles. The van der Waals surface area contributed by atoms with Crippen LogP contribution in [0.3, 0.4) is 0 Å². The van der Waals surface area contributed by atoms with Gasteiger partial charge in [-0.3, -0.25) is 23.9 Å². The van der Waals surface area contributed by atoms with E-state index in [0.717, 1.165) is 79.4 Å². The molecular weight excluding hydrogens is 827 g/mol. The van der Waals surface area contributed by atoms with Crippen LogP contribution < -0.4 is 0 Å². The van der Waals surface area contributed by atoms with Crippen molar-refractivity contribution in [3.8, 4) is 0 Å². The van der Waals surface area contributed by atoms with Crippen molar-refractivity contribution in [2.75, 3.05) is 13.3 Å². The zero-order chi connectivity index (χ0) is 46.1. The molecule has 0 bridgehead atoms. The second-order valence-corrected chi connectivity index (χ2v) is 36.0. The summed E-state index contributed by atoms with van der Waals surface area (Å²) >= 11 is 0. The van der Waals surface area contributed by atoms with E-state index in [1.807, 2.05) is 53.8 Å². The molecule has 2 aromatic rings. The number of ether oxygens (including phenoxy) is 2. The fraction of sp³-hybridized carbons (Fsp3) is 0.792.